The van der Waals surface area contributed by atoms with Gasteiger partial charge in [0, 0.05) is 40.8 Å². The van der Waals surface area contributed by atoms with Crippen LogP contribution in [0.1, 0.15) is 100 Å². The number of carbonyl (C=O) groups excluding carboxylic acids is 6. The lowest BCUT2D eigenvalue weighted by Gasteiger charge is -2.30. The van der Waals surface area contributed by atoms with E-state index in [-0.39, 0.29) is 0 Å². The molecule has 0 bridgehead atoms. The minimum absolute atomic E-state index is 0.294. The highest BCUT2D eigenvalue weighted by Gasteiger charge is 2.43. The van der Waals surface area contributed by atoms with Crippen molar-refractivity contribution in [1.82, 2.24) is 15.6 Å². The lowest BCUT2D eigenvalue weighted by Crippen LogP contribution is -2.43. The number of hydrogen-bond acceptors (Lipinski definition) is 12. The summed E-state index contributed by atoms with van der Waals surface area (Å²) in [5.41, 5.74) is -0.391. The van der Waals surface area contributed by atoms with Crippen LogP contribution in [0.25, 0.3) is 0 Å². The van der Waals surface area contributed by atoms with Gasteiger partial charge in [0.2, 0.25) is 17.8 Å². The number of rotatable bonds is 16. The van der Waals surface area contributed by atoms with Crippen molar-refractivity contribution in [2.45, 2.75) is 85.5 Å². The Morgan fingerprint density at radius 2 is 1.31 bits per heavy atom. The van der Waals surface area contributed by atoms with Gasteiger partial charge in [0.1, 0.15) is 6.61 Å². The van der Waals surface area contributed by atoms with E-state index in [4.69, 9.17) is 23.4 Å². The maximum atomic E-state index is 12.9. The monoisotopic (exact) mass is 555 g/mol. The molecule has 0 saturated heterocycles. The average molecular weight is 556 g/mol. The normalized spacial score (nSPS) is 12.9. The van der Waals surface area contributed by atoms with Crippen molar-refractivity contribution >= 4 is 35.7 Å². The first-order valence-electron chi connectivity index (χ1n) is 12.6. The number of esters is 4. The second-order valence-electron chi connectivity index (χ2n) is 8.50. The molecule has 0 saturated carbocycles. The molecule has 0 aliphatic carbocycles. The maximum absolute atomic E-state index is 12.9. The van der Waals surface area contributed by atoms with Crippen molar-refractivity contribution in [2.75, 3.05) is 19.7 Å². The number of amides is 2. The van der Waals surface area contributed by atoms with E-state index in [2.05, 4.69) is 15.6 Å². The van der Waals surface area contributed by atoms with Gasteiger partial charge < -0.3 is 34.0 Å². The fourth-order valence-electron chi connectivity index (χ4n) is 3.26. The first kappa shape index (κ1) is 33.1. The SMILES string of the molecule is CCCCNC(=O)c1nc([C@H](OC(C)=O)[C@H](OC(C)=O)[C@@H](COC(C)=O)OC(C)=O)oc1C(=O)NCCCC. The molecule has 14 nitrogen and oxygen atoms in total. The Morgan fingerprint density at radius 1 is 0.769 bits per heavy atom. The first-order chi connectivity index (χ1) is 18.4. The highest BCUT2D eigenvalue weighted by atomic mass is 16.6. The van der Waals surface area contributed by atoms with Crippen LogP contribution in [0.5, 0.6) is 0 Å². The molecule has 1 aromatic heterocycles. The van der Waals surface area contributed by atoms with E-state index in [0.29, 0.717) is 25.9 Å². The van der Waals surface area contributed by atoms with Gasteiger partial charge in [0.15, 0.2) is 17.9 Å². The minimum Gasteiger partial charge on any atom is -0.462 e. The smallest absolute Gasteiger partial charge is 0.303 e. The van der Waals surface area contributed by atoms with E-state index >= 15 is 0 Å². The van der Waals surface area contributed by atoms with Gasteiger partial charge >= 0.3 is 23.9 Å². The van der Waals surface area contributed by atoms with Gasteiger partial charge in [-0.2, -0.15) is 0 Å². The second kappa shape index (κ2) is 16.8. The molecule has 0 aliphatic rings. The van der Waals surface area contributed by atoms with E-state index in [9.17, 15) is 28.8 Å². The molecular weight excluding hydrogens is 518 g/mol. The first-order valence-corrected chi connectivity index (χ1v) is 12.6. The maximum Gasteiger partial charge on any atom is 0.303 e. The zero-order chi connectivity index (χ0) is 29.5. The summed E-state index contributed by atoms with van der Waals surface area (Å²) in [6, 6.07) is 0. The number of nitrogens with zero attached hydrogens (tertiary/aromatic N) is 1. The summed E-state index contributed by atoms with van der Waals surface area (Å²) in [6.45, 7) is 8.14. The van der Waals surface area contributed by atoms with Crippen LogP contribution < -0.4 is 10.6 Å². The van der Waals surface area contributed by atoms with Gasteiger partial charge in [-0.1, -0.05) is 26.7 Å². The van der Waals surface area contributed by atoms with Gasteiger partial charge in [0.05, 0.1) is 0 Å². The van der Waals surface area contributed by atoms with Crippen molar-refractivity contribution in [3.63, 3.8) is 0 Å². The Balaban J connectivity index is 3.65. The third-order valence-corrected chi connectivity index (χ3v) is 4.97. The van der Waals surface area contributed by atoms with Gasteiger partial charge in [-0.25, -0.2) is 4.98 Å². The summed E-state index contributed by atoms with van der Waals surface area (Å²) in [4.78, 5) is 77.2. The Bertz CT molecular complexity index is 981. The van der Waals surface area contributed by atoms with Crippen LogP contribution in [-0.2, 0) is 38.1 Å². The van der Waals surface area contributed by atoms with Crippen LogP contribution >= 0.6 is 0 Å². The lowest BCUT2D eigenvalue weighted by molar-refractivity contribution is -0.191. The van der Waals surface area contributed by atoms with E-state index < -0.39 is 78.0 Å². The molecule has 1 aromatic rings. The predicted molar refractivity (Wildman–Crippen MR) is 133 cm³/mol. The van der Waals surface area contributed by atoms with Crippen LogP contribution in [-0.4, -0.2) is 72.6 Å². The highest BCUT2D eigenvalue weighted by molar-refractivity contribution is 6.04. The summed E-state index contributed by atoms with van der Waals surface area (Å²) in [5, 5.41) is 5.26. The molecule has 1 rings (SSSR count). The topological polar surface area (TPSA) is 189 Å². The van der Waals surface area contributed by atoms with Crippen LogP contribution in [0, 0.1) is 0 Å². The molecule has 0 radical (unpaired) electrons. The van der Waals surface area contributed by atoms with Crippen LogP contribution in [0.15, 0.2) is 4.42 Å². The molecule has 0 aromatic carbocycles. The molecule has 0 aliphatic heterocycles. The lowest BCUT2D eigenvalue weighted by atomic mass is 10.1. The number of carbonyl (C=O) groups is 6. The average Bonchev–Trinajstić information content (AvgIpc) is 3.29. The van der Waals surface area contributed by atoms with E-state index in [1.807, 2.05) is 13.8 Å². The van der Waals surface area contributed by atoms with Crippen molar-refractivity contribution in [2.24, 2.45) is 0 Å². The molecule has 218 valence electrons. The van der Waals surface area contributed by atoms with Crippen LogP contribution in [0.4, 0.5) is 0 Å². The molecule has 14 heteroatoms. The molecule has 2 amide bonds. The summed E-state index contributed by atoms with van der Waals surface area (Å²) >= 11 is 0. The Labute approximate surface area is 226 Å². The van der Waals surface area contributed by atoms with Crippen LogP contribution in [0.2, 0.25) is 0 Å². The number of oxazole rings is 1. The summed E-state index contributed by atoms with van der Waals surface area (Å²) in [6.07, 6.45) is -1.89. The Morgan fingerprint density at radius 3 is 1.79 bits per heavy atom. The van der Waals surface area contributed by atoms with Crippen molar-refractivity contribution in [3.05, 3.63) is 17.3 Å². The van der Waals surface area contributed by atoms with Crippen molar-refractivity contribution in [1.29, 1.82) is 0 Å². The van der Waals surface area contributed by atoms with Gasteiger partial charge in [-0.05, 0) is 12.8 Å². The molecule has 0 unspecified atom stereocenters. The zero-order valence-electron chi connectivity index (χ0n) is 23.1. The predicted octanol–water partition coefficient (Wildman–Crippen LogP) is 1.77. The molecule has 0 spiro atoms. The minimum atomic E-state index is -1.70. The molecule has 2 N–H and O–H groups in total. The van der Waals surface area contributed by atoms with E-state index in [0.717, 1.165) is 40.5 Å². The Hall–Kier alpha value is -3.97. The third kappa shape index (κ3) is 11.5. The standard InChI is InChI=1S/C25H37N3O11/c1-7-9-11-26-23(33)19-21(24(34)27-12-10-8-2)39-25(28-19)22(38-17(6)32)20(37-16(5)31)18(36-15(4)30)13-35-14(3)29/h18,20,22H,7-13H2,1-6H3,(H,26,33)(H,27,34)/t18-,20-,22-/m1/s1. The molecule has 1 heterocycles. The number of ether oxygens (including phenoxy) is 4. The molecule has 3 atom stereocenters. The number of nitrogens with one attached hydrogen (secondary N) is 2. The van der Waals surface area contributed by atoms with E-state index in [1.54, 1.807) is 0 Å². The second-order valence-corrected chi connectivity index (χ2v) is 8.50. The third-order valence-electron chi connectivity index (χ3n) is 4.97. The summed E-state index contributed by atoms with van der Waals surface area (Å²) < 4.78 is 26.4. The molecular formula is C25H37N3O11. The molecule has 39 heavy (non-hydrogen) atoms. The molecule has 0 fully saturated rings. The number of hydrogen-bond donors (Lipinski definition) is 2. The van der Waals surface area contributed by atoms with Gasteiger partial charge in [-0.3, -0.25) is 28.8 Å². The fourth-order valence-corrected chi connectivity index (χ4v) is 3.26. The summed E-state index contributed by atoms with van der Waals surface area (Å²) in [5.74, 6) is -5.73. The highest BCUT2D eigenvalue weighted by Crippen LogP contribution is 2.29. The Kier molecular flexibility index (Phi) is 14.2. The number of aromatic nitrogens is 1. The fraction of sp³-hybridized carbons (Fsp3) is 0.640. The van der Waals surface area contributed by atoms with Gasteiger partial charge in [0.25, 0.3) is 11.8 Å². The largest absolute Gasteiger partial charge is 0.462 e. The van der Waals surface area contributed by atoms with Crippen LogP contribution in [0.3, 0.4) is 0 Å². The van der Waals surface area contributed by atoms with E-state index in [1.165, 1.54) is 0 Å². The van der Waals surface area contributed by atoms with Crippen molar-refractivity contribution in [3.8, 4) is 0 Å². The van der Waals surface area contributed by atoms with Crippen molar-refractivity contribution < 1.29 is 52.1 Å². The van der Waals surface area contributed by atoms with Gasteiger partial charge in [-0.15, -0.1) is 0 Å². The summed E-state index contributed by atoms with van der Waals surface area (Å²) in [7, 11) is 0. The quantitative estimate of drug-likeness (QED) is 0.171. The number of unbranched alkanes of at least 4 members (excludes halogenated alkanes) is 2. The zero-order valence-corrected chi connectivity index (χ0v) is 23.1.